The van der Waals surface area contributed by atoms with Gasteiger partial charge in [0.15, 0.2) is 0 Å². The average molecular weight is 701 g/mol. The fourth-order valence-electron chi connectivity index (χ4n) is 8.15. The van der Waals surface area contributed by atoms with Crippen LogP contribution in [0.1, 0.15) is 105 Å². The van der Waals surface area contributed by atoms with E-state index in [1.54, 1.807) is 0 Å². The van der Waals surface area contributed by atoms with Crippen LogP contribution in [0.3, 0.4) is 0 Å². The van der Waals surface area contributed by atoms with Gasteiger partial charge in [-0.25, -0.2) is 0 Å². The summed E-state index contributed by atoms with van der Waals surface area (Å²) in [5.41, 5.74) is 16.1. The van der Waals surface area contributed by atoms with Crippen LogP contribution in [-0.2, 0) is 21.7 Å². The molecule has 0 fully saturated rings. The second kappa shape index (κ2) is 11.6. The number of fused-ring (bicyclic) bond motifs is 6. The summed E-state index contributed by atoms with van der Waals surface area (Å²) < 4.78 is 1.34. The van der Waals surface area contributed by atoms with Gasteiger partial charge in [-0.3, -0.25) is 0 Å². The van der Waals surface area contributed by atoms with Crippen LogP contribution < -0.4 is 26.2 Å². The Morgan fingerprint density at radius 3 is 1.44 bits per heavy atom. The van der Waals surface area contributed by atoms with Crippen LogP contribution in [0.4, 0.5) is 33.4 Å². The molecule has 0 spiro atoms. The van der Waals surface area contributed by atoms with E-state index in [1.165, 1.54) is 82.2 Å². The summed E-state index contributed by atoms with van der Waals surface area (Å²) >= 11 is 1.94. The van der Waals surface area contributed by atoms with E-state index in [1.807, 2.05) is 11.3 Å². The molecule has 2 aliphatic rings. The molecular weight excluding hydrogens is 647 g/mol. The van der Waals surface area contributed by atoms with Crippen LogP contribution in [0.25, 0.3) is 10.1 Å². The fraction of sp³-hybridized carbons (Fsp3) is 0.333. The first-order valence-electron chi connectivity index (χ1n) is 19.0. The summed E-state index contributed by atoms with van der Waals surface area (Å²) in [5, 5.41) is 2.71. The van der Waals surface area contributed by atoms with Gasteiger partial charge >= 0.3 is 0 Å². The van der Waals surface area contributed by atoms with Crippen LogP contribution in [0.5, 0.6) is 0 Å². The second-order valence-electron chi connectivity index (χ2n) is 19.2. The molecule has 264 valence electrons. The van der Waals surface area contributed by atoms with E-state index in [4.69, 9.17) is 0 Å². The summed E-state index contributed by atoms with van der Waals surface area (Å²) in [6, 6.07) is 40.1. The molecule has 0 amide bonds. The minimum absolute atomic E-state index is 0.0163. The zero-order chi connectivity index (χ0) is 37.1. The molecule has 0 atom stereocenters. The summed E-state index contributed by atoms with van der Waals surface area (Å²) in [5.74, 6) is 0. The van der Waals surface area contributed by atoms with Crippen molar-refractivity contribution in [2.24, 2.45) is 0 Å². The molecule has 1 aromatic heterocycles. The molecule has 0 saturated heterocycles. The minimum Gasteiger partial charge on any atom is -0.311 e. The van der Waals surface area contributed by atoms with Crippen molar-refractivity contribution in [3.63, 3.8) is 0 Å². The average Bonchev–Trinajstić information content (AvgIpc) is 3.45. The van der Waals surface area contributed by atoms with Gasteiger partial charge in [-0.1, -0.05) is 138 Å². The fourth-order valence-corrected chi connectivity index (χ4v) is 9.40. The quantitative estimate of drug-likeness (QED) is 0.166. The van der Waals surface area contributed by atoms with Crippen molar-refractivity contribution < 1.29 is 0 Å². The lowest BCUT2D eigenvalue weighted by Crippen LogP contribution is -2.61. The van der Waals surface area contributed by atoms with E-state index >= 15 is 0 Å². The SMILES string of the molecule is CC(C)(C)c1ccc(N2c3ccc(C(C)(C)C)cc3B3c4c2cccc4N(c2ccc(C(C)(C)C)cc2)c2sc4ccc(C(C)(C)C)cc4c23)cc1. The highest BCUT2D eigenvalue weighted by molar-refractivity contribution is 7.26. The Balaban J connectivity index is 1.46. The zero-order valence-corrected chi connectivity index (χ0v) is 34.0. The first kappa shape index (κ1) is 34.8. The molecule has 0 bridgehead atoms. The molecule has 3 heterocycles. The maximum atomic E-state index is 2.57. The highest BCUT2D eigenvalue weighted by Gasteiger charge is 2.45. The smallest absolute Gasteiger partial charge is 0.254 e. The predicted octanol–water partition coefficient (Wildman–Crippen LogP) is 12.2. The van der Waals surface area contributed by atoms with E-state index in [0.717, 1.165) is 0 Å². The highest BCUT2D eigenvalue weighted by atomic mass is 32.1. The molecular formula is C48H53BN2S. The van der Waals surface area contributed by atoms with Crippen LogP contribution >= 0.6 is 11.3 Å². The Morgan fingerprint density at radius 1 is 0.442 bits per heavy atom. The number of hydrogen-bond donors (Lipinski definition) is 0. The molecule has 5 aromatic carbocycles. The first-order chi connectivity index (χ1) is 24.3. The Morgan fingerprint density at radius 2 is 0.904 bits per heavy atom. The van der Waals surface area contributed by atoms with Crippen molar-refractivity contribution in [1.82, 2.24) is 0 Å². The molecule has 4 heteroatoms. The third-order valence-electron chi connectivity index (χ3n) is 11.3. The van der Waals surface area contributed by atoms with Crippen LogP contribution in [-0.4, -0.2) is 6.71 Å². The highest BCUT2D eigenvalue weighted by Crippen LogP contribution is 2.48. The van der Waals surface area contributed by atoms with Crippen molar-refractivity contribution >= 4 is 78.0 Å². The van der Waals surface area contributed by atoms with Gasteiger partial charge in [0.25, 0.3) is 6.71 Å². The van der Waals surface area contributed by atoms with E-state index in [9.17, 15) is 0 Å². The van der Waals surface area contributed by atoms with E-state index in [0.29, 0.717) is 0 Å². The molecule has 2 nitrogen and oxygen atoms in total. The van der Waals surface area contributed by atoms with Crippen molar-refractivity contribution in [2.75, 3.05) is 9.80 Å². The van der Waals surface area contributed by atoms with Crippen molar-refractivity contribution in [1.29, 1.82) is 0 Å². The first-order valence-corrected chi connectivity index (χ1v) is 19.8. The molecule has 0 aliphatic carbocycles. The number of hydrogen-bond acceptors (Lipinski definition) is 3. The second-order valence-corrected chi connectivity index (χ2v) is 20.2. The molecule has 0 unspecified atom stereocenters. The largest absolute Gasteiger partial charge is 0.311 e. The lowest BCUT2D eigenvalue weighted by Gasteiger charge is -2.43. The number of rotatable bonds is 2. The van der Waals surface area contributed by atoms with Gasteiger partial charge in [0, 0.05) is 33.1 Å². The molecule has 0 saturated carbocycles. The molecule has 8 rings (SSSR count). The normalized spacial score (nSPS) is 14.4. The van der Waals surface area contributed by atoms with Crippen molar-refractivity contribution in [2.45, 2.75) is 105 Å². The maximum Gasteiger partial charge on any atom is 0.254 e. The maximum absolute atomic E-state index is 2.57. The summed E-state index contributed by atoms with van der Waals surface area (Å²) in [6.45, 7) is 27.9. The van der Waals surface area contributed by atoms with Gasteiger partial charge in [0.1, 0.15) is 0 Å². The summed E-state index contributed by atoms with van der Waals surface area (Å²) in [6.07, 6.45) is 0. The Bertz CT molecular complexity index is 2340. The molecule has 0 radical (unpaired) electrons. The Kier molecular flexibility index (Phi) is 7.77. The third kappa shape index (κ3) is 5.61. The third-order valence-corrected chi connectivity index (χ3v) is 12.5. The number of thiophene rings is 1. The Labute approximate surface area is 316 Å². The van der Waals surface area contributed by atoms with Gasteiger partial charge in [-0.15, -0.1) is 11.3 Å². The molecule has 0 N–H and O–H groups in total. The molecule has 6 aromatic rings. The lowest BCUT2D eigenvalue weighted by atomic mass is 9.33. The zero-order valence-electron chi connectivity index (χ0n) is 33.2. The summed E-state index contributed by atoms with van der Waals surface area (Å²) in [7, 11) is 0. The standard InChI is InChI=1S/C48H53BN2S/c1-45(2,3)30-16-22-34(23-17-30)50-38-26-20-33(48(10,11)12)29-37(38)49-42-36-28-32(47(7,8)9)21-27-41(36)52-44(42)51(40-15-13-14-39(50)43(40)49)35-24-18-31(19-25-35)46(4,5)6/h13-29H,1-12H3. The van der Waals surface area contributed by atoms with Gasteiger partial charge in [0.2, 0.25) is 0 Å². The lowest BCUT2D eigenvalue weighted by molar-refractivity contribution is 0.590. The molecule has 2 aliphatic heterocycles. The van der Waals surface area contributed by atoms with Crippen molar-refractivity contribution in [3.8, 4) is 0 Å². The van der Waals surface area contributed by atoms with Gasteiger partial charge < -0.3 is 9.80 Å². The van der Waals surface area contributed by atoms with Crippen molar-refractivity contribution in [3.05, 3.63) is 125 Å². The van der Waals surface area contributed by atoms with Gasteiger partial charge in [-0.2, -0.15) is 0 Å². The van der Waals surface area contributed by atoms with Crippen LogP contribution in [0, 0.1) is 0 Å². The number of benzene rings is 5. The minimum atomic E-state index is 0.0163. The predicted molar refractivity (Wildman–Crippen MR) is 231 cm³/mol. The van der Waals surface area contributed by atoms with Crippen LogP contribution in [0.15, 0.2) is 103 Å². The number of anilines is 6. The van der Waals surface area contributed by atoms with E-state index in [-0.39, 0.29) is 28.4 Å². The monoisotopic (exact) mass is 700 g/mol. The van der Waals surface area contributed by atoms with Gasteiger partial charge in [-0.05, 0) is 114 Å². The topological polar surface area (TPSA) is 6.48 Å². The summed E-state index contributed by atoms with van der Waals surface area (Å²) in [4.78, 5) is 5.10. The van der Waals surface area contributed by atoms with Crippen LogP contribution in [0.2, 0.25) is 0 Å². The number of nitrogens with zero attached hydrogens (tertiary/aromatic N) is 2. The van der Waals surface area contributed by atoms with Gasteiger partial charge in [0.05, 0.1) is 5.00 Å². The molecule has 52 heavy (non-hydrogen) atoms. The Hall–Kier alpha value is -4.28. The van der Waals surface area contributed by atoms with E-state index < -0.39 is 0 Å². The van der Waals surface area contributed by atoms with E-state index in [2.05, 4.69) is 196 Å².